The number of aromatic nitrogens is 6. The van der Waals surface area contributed by atoms with E-state index in [4.69, 9.17) is 4.74 Å². The molecule has 100 heavy (non-hydrogen) atoms. The van der Waals surface area contributed by atoms with E-state index in [0.717, 1.165) is 152 Å². The van der Waals surface area contributed by atoms with Crippen LogP contribution < -0.4 is 0 Å². The van der Waals surface area contributed by atoms with Crippen molar-refractivity contribution in [2.24, 2.45) is 35.5 Å². The Hall–Kier alpha value is -5.77. The highest BCUT2D eigenvalue weighted by Crippen LogP contribution is 2.47. The van der Waals surface area contributed by atoms with Crippen LogP contribution in [-0.4, -0.2) is 140 Å². The second-order valence-electron chi connectivity index (χ2n) is 28.4. The van der Waals surface area contributed by atoms with Crippen LogP contribution in [0.5, 0.6) is 0 Å². The third-order valence-electron chi connectivity index (χ3n) is 21.2. The summed E-state index contributed by atoms with van der Waals surface area (Å²) in [5.74, 6) is 2.64. The summed E-state index contributed by atoms with van der Waals surface area (Å²) in [6.07, 6.45) is 26.0. The van der Waals surface area contributed by atoms with E-state index in [1.807, 2.05) is 60.9 Å². The Bertz CT molecular complexity index is 4400. The van der Waals surface area contributed by atoms with Gasteiger partial charge in [0.1, 0.15) is 14.6 Å². The van der Waals surface area contributed by atoms with Gasteiger partial charge in [-0.05, 0) is 224 Å². The number of carbonyl (C=O) groups excluding carboxylic acids is 1. The van der Waals surface area contributed by atoms with E-state index in [2.05, 4.69) is 180 Å². The first-order valence-corrected chi connectivity index (χ1v) is 40.6. The van der Waals surface area contributed by atoms with E-state index >= 15 is 0 Å². The van der Waals surface area contributed by atoms with Crippen LogP contribution >= 0.6 is 95.1 Å². The Morgan fingerprint density at radius 2 is 0.860 bits per heavy atom. The number of hydrogen-bond donors (Lipinski definition) is 2. The number of carboxylic acids is 2. The smallest absolute Gasteiger partial charge is 0.348 e. The summed E-state index contributed by atoms with van der Waals surface area (Å²) in [7, 11) is 7.93. The monoisotopic (exact) mass is 1690 g/mol. The molecule has 3 aliphatic carbocycles. The van der Waals surface area contributed by atoms with Gasteiger partial charge in [0.15, 0.2) is 11.3 Å². The molecule has 10 heterocycles. The lowest BCUT2D eigenvalue weighted by Crippen LogP contribution is -2.30. The molecule has 6 aliphatic rings. The second-order valence-corrected chi connectivity index (χ2v) is 36.2. The molecule has 15 rings (SSSR count). The van der Waals surface area contributed by atoms with Gasteiger partial charge in [0, 0.05) is 113 Å². The normalized spacial score (nSPS) is 21.8. The fourth-order valence-electron chi connectivity index (χ4n) is 15.5. The van der Waals surface area contributed by atoms with Crippen molar-refractivity contribution in [3.63, 3.8) is 0 Å². The number of carboxylic acid groups (broad SMARTS) is 2. The standard InChI is InChI=1S/C30H32N4O2S.C19H26INO2S.C18H24INO2S.C12H8BrN3/c1-19-4-6-20(7-5-19)23-12-15-33(2)18-25(23)24-16-27(37-29(24)30(35)36)22-10-8-21(9-11-22)26-17-28-31-13-3-14-34(28)32-26;1-12-4-6-13(7-5-12)14-8-9-21(2)11-16(14)15-10-17(20)24-18(15)19(22)23-3;1-11-3-5-12(6-4-11)13-7-8-20(2)10-15(13)14-9-16(19)23-17(14)18(21)22;13-10-4-2-9(3-5-10)11-8-12-14-6-1-7-16(12)15-11/h3,8-11,13-14,16-17,19-20H,4-7,12,15,18H2,1-2H3,(H,35,36);10,12-13H,4-9,11H2,1-3H3;9,11-12H,3-8,10H2,1-2H3,(H,21,22);1-8H. The fraction of sp³-hybridized carbons (Fsp3) is 0.430. The minimum atomic E-state index is -0.836. The Kier molecular flexibility index (Phi) is 25.0. The number of fused-ring (bicyclic) bond motifs is 2. The van der Waals surface area contributed by atoms with Crippen LogP contribution in [-0.2, 0) is 4.74 Å². The van der Waals surface area contributed by atoms with Crippen molar-refractivity contribution in [2.45, 2.75) is 117 Å². The number of thiophene rings is 3. The summed E-state index contributed by atoms with van der Waals surface area (Å²) in [6.45, 7) is 13.0. The van der Waals surface area contributed by atoms with Gasteiger partial charge < -0.3 is 29.6 Å². The number of likely N-dealkylation sites (N-methyl/N-ethyl adjacent to an activating group) is 3. The molecule has 2 aromatic carbocycles. The molecule has 0 saturated heterocycles. The van der Waals surface area contributed by atoms with Crippen molar-refractivity contribution in [3.05, 3.63) is 174 Å². The Morgan fingerprint density at radius 3 is 1.25 bits per heavy atom. The van der Waals surface area contributed by atoms with Crippen molar-refractivity contribution >= 4 is 141 Å². The maximum atomic E-state index is 12.4. The minimum absolute atomic E-state index is 0.199. The van der Waals surface area contributed by atoms with E-state index in [1.54, 1.807) is 43.9 Å². The highest BCUT2D eigenvalue weighted by Gasteiger charge is 2.34. The van der Waals surface area contributed by atoms with Gasteiger partial charge in [-0.15, -0.1) is 34.0 Å². The number of carbonyl (C=O) groups is 3. The van der Waals surface area contributed by atoms with Crippen LogP contribution in [0, 0.1) is 41.3 Å². The molecule has 0 atom stereocenters. The van der Waals surface area contributed by atoms with Crippen LogP contribution in [0.2, 0.25) is 0 Å². The molecule has 21 heteroatoms. The van der Waals surface area contributed by atoms with E-state index < -0.39 is 11.9 Å². The van der Waals surface area contributed by atoms with E-state index in [9.17, 15) is 24.6 Å². The minimum Gasteiger partial charge on any atom is -0.477 e. The van der Waals surface area contributed by atoms with Crippen LogP contribution in [0.3, 0.4) is 0 Å². The zero-order chi connectivity index (χ0) is 70.3. The average molecular weight is 1690 g/mol. The van der Waals surface area contributed by atoms with E-state index in [-0.39, 0.29) is 5.97 Å². The SMILES string of the molecule is Brc1ccc(-c2cc3ncccn3n2)cc1.CC1CCC(C2=C(c3cc(-c4ccc(-c5cc6ncccn6n5)cc4)sc3C(=O)O)CN(C)CC2)CC1.CC1CCC(C2=C(c3cc(I)sc3C(=O)O)CN(C)CC2)CC1.COC(=O)c1sc(I)cc1C1=C(C2CCC(C)CC2)CCN(C)C1. The maximum absolute atomic E-state index is 12.4. The number of esters is 1. The van der Waals surface area contributed by atoms with Gasteiger partial charge in [0.25, 0.3) is 0 Å². The maximum Gasteiger partial charge on any atom is 0.348 e. The molecule has 0 bridgehead atoms. The topological polar surface area (TPSA) is 171 Å². The summed E-state index contributed by atoms with van der Waals surface area (Å²) in [4.78, 5) is 54.6. The fourth-order valence-corrected chi connectivity index (χ4v) is 20.4. The summed E-state index contributed by atoms with van der Waals surface area (Å²) in [5.41, 5.74) is 18.2. The van der Waals surface area contributed by atoms with Crippen molar-refractivity contribution in [1.82, 2.24) is 43.9 Å². The molecule has 3 aliphatic heterocycles. The molecule has 0 radical (unpaired) electrons. The van der Waals surface area contributed by atoms with Crippen molar-refractivity contribution in [2.75, 3.05) is 67.5 Å². The second kappa shape index (κ2) is 33.8. The van der Waals surface area contributed by atoms with Gasteiger partial charge in [-0.2, -0.15) is 10.2 Å². The van der Waals surface area contributed by atoms with Gasteiger partial charge in [-0.3, -0.25) is 0 Å². The largest absolute Gasteiger partial charge is 0.477 e. The predicted octanol–water partition coefficient (Wildman–Crippen LogP) is 19.9. The lowest BCUT2D eigenvalue weighted by atomic mass is 9.75. The van der Waals surface area contributed by atoms with Gasteiger partial charge in [0.05, 0.1) is 24.3 Å². The summed E-state index contributed by atoms with van der Waals surface area (Å²) >= 11 is 12.3. The molecular weight excluding hydrogens is 1600 g/mol. The third-order valence-corrected chi connectivity index (χ3v) is 26.7. The number of halogens is 3. The summed E-state index contributed by atoms with van der Waals surface area (Å²) in [5, 5.41) is 28.8. The summed E-state index contributed by atoms with van der Waals surface area (Å²) in [6, 6.07) is 30.4. The van der Waals surface area contributed by atoms with Gasteiger partial charge in [0.2, 0.25) is 0 Å². The van der Waals surface area contributed by atoms with Crippen molar-refractivity contribution in [3.8, 4) is 33.0 Å². The first kappa shape index (κ1) is 74.0. The number of rotatable bonds is 12. The molecule has 3 saturated carbocycles. The molecule has 0 amide bonds. The predicted molar refractivity (Wildman–Crippen MR) is 428 cm³/mol. The third kappa shape index (κ3) is 17.9. The first-order valence-electron chi connectivity index (χ1n) is 35.2. The van der Waals surface area contributed by atoms with Crippen molar-refractivity contribution < 1.29 is 29.3 Å². The van der Waals surface area contributed by atoms with Gasteiger partial charge in [-0.1, -0.05) is 128 Å². The molecule has 9 aromatic rings. The lowest BCUT2D eigenvalue weighted by molar-refractivity contribution is 0.0604. The zero-order valence-corrected chi connectivity index (χ0v) is 66.5. The molecule has 7 aromatic heterocycles. The number of ether oxygens (including phenoxy) is 1. The number of methoxy groups -OCH3 is 1. The Morgan fingerprint density at radius 1 is 0.500 bits per heavy atom. The van der Waals surface area contributed by atoms with E-state index in [0.29, 0.717) is 27.5 Å². The first-order chi connectivity index (χ1) is 48.2. The number of benzene rings is 2. The summed E-state index contributed by atoms with van der Waals surface area (Å²) < 4.78 is 11.9. The van der Waals surface area contributed by atoms with E-state index in [1.165, 1.54) is 129 Å². The zero-order valence-electron chi connectivity index (χ0n) is 58.2. The van der Waals surface area contributed by atoms with Crippen molar-refractivity contribution in [1.29, 1.82) is 0 Å². The molecular formula is C79H90BrI2N9O6S3. The molecule has 15 nitrogen and oxygen atoms in total. The lowest BCUT2D eigenvalue weighted by Gasteiger charge is -2.35. The van der Waals surface area contributed by atoms with Crippen LogP contribution in [0.4, 0.5) is 0 Å². The Balaban J connectivity index is 0.000000132. The number of nitrogens with zero attached hydrogens (tertiary/aromatic N) is 9. The van der Waals surface area contributed by atoms with Gasteiger partial charge >= 0.3 is 17.9 Å². The average Bonchev–Trinajstić information content (AvgIpc) is 1.58. The number of aromatic carboxylic acids is 2. The highest BCUT2D eigenvalue weighted by molar-refractivity contribution is 14.1. The highest BCUT2D eigenvalue weighted by atomic mass is 127. The molecule has 2 N–H and O–H groups in total. The Labute approximate surface area is 635 Å². The van der Waals surface area contributed by atoms with Crippen LogP contribution in [0.1, 0.15) is 163 Å². The molecule has 3 fully saturated rings. The van der Waals surface area contributed by atoms with Crippen LogP contribution in [0.25, 0.3) is 61.0 Å². The molecule has 526 valence electrons. The number of hydrogen-bond acceptors (Lipinski definition) is 14. The van der Waals surface area contributed by atoms with Gasteiger partial charge in [-0.25, -0.2) is 33.4 Å². The molecule has 0 spiro atoms. The quantitative estimate of drug-likeness (QED) is 0.0875. The molecule has 0 unspecified atom stereocenters. The van der Waals surface area contributed by atoms with Crippen LogP contribution in [0.15, 0.2) is 137 Å².